The molecule has 0 aliphatic rings. The third-order valence-electron chi connectivity index (χ3n) is 2.51. The Bertz CT molecular complexity index is 606. The Morgan fingerprint density at radius 3 is 3.07 bits per heavy atom. The van der Waals surface area contributed by atoms with Crippen molar-refractivity contribution in [3.8, 4) is 11.1 Å². The maximum Gasteiger partial charge on any atom is 0.174 e. The summed E-state index contributed by atoms with van der Waals surface area (Å²) >= 11 is 0. The molecule has 0 aliphatic heterocycles. The summed E-state index contributed by atoms with van der Waals surface area (Å²) < 4.78 is 0. The van der Waals surface area contributed by atoms with E-state index in [4.69, 9.17) is 0 Å². The smallest absolute Gasteiger partial charge is 0.174 e. The quantitative estimate of drug-likeness (QED) is 0.627. The molecule has 4 nitrogen and oxygen atoms in total. The van der Waals surface area contributed by atoms with Crippen LogP contribution in [0, 0.1) is 13.3 Å². The fourth-order valence-electron chi connectivity index (χ4n) is 1.70. The predicted molar refractivity (Wildman–Crippen MR) is 57.2 cm³/mol. The van der Waals surface area contributed by atoms with Gasteiger partial charge in [-0.3, -0.25) is 5.10 Å². The van der Waals surface area contributed by atoms with E-state index >= 15 is 0 Å². The number of nitrogens with one attached hydrogen (secondary N) is 2. The Kier molecular flexibility index (Phi) is 1.62. The molecule has 0 saturated heterocycles. The summed E-state index contributed by atoms with van der Waals surface area (Å²) in [6.07, 6.45) is 4.63. The number of imidazole rings is 1. The molecule has 0 amide bonds. The van der Waals surface area contributed by atoms with E-state index in [2.05, 4.69) is 32.6 Å². The zero-order valence-electron chi connectivity index (χ0n) is 8.20. The van der Waals surface area contributed by atoms with Crippen molar-refractivity contribution in [3.05, 3.63) is 36.4 Å². The van der Waals surface area contributed by atoms with Gasteiger partial charge < -0.3 is 4.98 Å². The second-order valence-electron chi connectivity index (χ2n) is 3.46. The Labute approximate surface area is 86.4 Å². The average molecular weight is 197 g/mol. The van der Waals surface area contributed by atoms with Gasteiger partial charge in [-0.2, -0.15) is 5.10 Å². The number of fused-ring (bicyclic) bond motifs is 1. The third-order valence-corrected chi connectivity index (χ3v) is 2.51. The minimum Gasteiger partial charge on any atom is -0.335 e. The first kappa shape index (κ1) is 8.23. The highest BCUT2D eigenvalue weighted by atomic mass is 15.1. The van der Waals surface area contributed by atoms with Gasteiger partial charge in [-0.25, -0.2) is 4.98 Å². The highest BCUT2D eigenvalue weighted by Crippen LogP contribution is 2.23. The van der Waals surface area contributed by atoms with Crippen LogP contribution in [-0.2, 0) is 0 Å². The molecule has 1 aromatic carbocycles. The molecule has 4 heteroatoms. The van der Waals surface area contributed by atoms with Crippen molar-refractivity contribution in [2.45, 2.75) is 6.92 Å². The van der Waals surface area contributed by atoms with E-state index in [1.807, 2.05) is 25.3 Å². The van der Waals surface area contributed by atoms with Crippen molar-refractivity contribution in [2.24, 2.45) is 0 Å². The summed E-state index contributed by atoms with van der Waals surface area (Å²) in [5.74, 6) is 0. The first-order chi connectivity index (χ1) is 7.34. The number of rotatable bonds is 1. The molecule has 0 spiro atoms. The SMILES string of the molecule is Cc1n[nH]cc1-c1ccc2n[c][nH]c2c1. The van der Waals surface area contributed by atoms with E-state index in [0.717, 1.165) is 27.9 Å². The summed E-state index contributed by atoms with van der Waals surface area (Å²) in [7, 11) is 0. The van der Waals surface area contributed by atoms with Crippen LogP contribution in [0.25, 0.3) is 22.2 Å². The van der Waals surface area contributed by atoms with Gasteiger partial charge in [0.05, 0.1) is 16.7 Å². The number of H-pyrrole nitrogens is 2. The van der Waals surface area contributed by atoms with E-state index in [-0.39, 0.29) is 0 Å². The van der Waals surface area contributed by atoms with Gasteiger partial charge in [0.15, 0.2) is 6.33 Å². The summed E-state index contributed by atoms with van der Waals surface area (Å²) in [5, 5.41) is 6.96. The minimum absolute atomic E-state index is 0.930. The second-order valence-corrected chi connectivity index (χ2v) is 3.46. The number of aromatic nitrogens is 4. The fraction of sp³-hybridized carbons (Fsp3) is 0.0909. The maximum atomic E-state index is 4.10. The number of benzene rings is 1. The lowest BCUT2D eigenvalue weighted by Gasteiger charge is -1.98. The van der Waals surface area contributed by atoms with Gasteiger partial charge in [-0.1, -0.05) is 6.07 Å². The Morgan fingerprint density at radius 1 is 1.33 bits per heavy atom. The lowest BCUT2D eigenvalue weighted by molar-refractivity contribution is 1.05. The molecule has 0 bridgehead atoms. The van der Waals surface area contributed by atoms with Crippen LogP contribution < -0.4 is 0 Å². The van der Waals surface area contributed by atoms with Gasteiger partial charge in [0, 0.05) is 11.8 Å². The zero-order chi connectivity index (χ0) is 10.3. The Hall–Kier alpha value is -2.10. The summed E-state index contributed by atoms with van der Waals surface area (Å²) in [5.41, 5.74) is 5.17. The van der Waals surface area contributed by atoms with Crippen molar-refractivity contribution < 1.29 is 0 Å². The molecule has 15 heavy (non-hydrogen) atoms. The van der Waals surface area contributed by atoms with Crippen LogP contribution in [0.2, 0.25) is 0 Å². The molecule has 3 aromatic rings. The standard InChI is InChI=1S/C11H9N4/c1-7-9(5-14-15-7)8-2-3-10-11(4-8)13-6-12-10/h2-5H,1H3,(H,12,13)(H,14,15). The first-order valence-corrected chi connectivity index (χ1v) is 4.71. The molecule has 0 atom stereocenters. The monoisotopic (exact) mass is 197 g/mol. The fourth-order valence-corrected chi connectivity index (χ4v) is 1.70. The first-order valence-electron chi connectivity index (χ1n) is 4.71. The van der Waals surface area contributed by atoms with Crippen molar-refractivity contribution in [3.63, 3.8) is 0 Å². The van der Waals surface area contributed by atoms with E-state index in [1.165, 1.54) is 0 Å². The Balaban J connectivity index is 2.23. The van der Waals surface area contributed by atoms with Crippen LogP contribution in [0.4, 0.5) is 0 Å². The van der Waals surface area contributed by atoms with Crippen LogP contribution >= 0.6 is 0 Å². The van der Waals surface area contributed by atoms with Gasteiger partial charge >= 0.3 is 0 Å². The van der Waals surface area contributed by atoms with Crippen molar-refractivity contribution in [1.29, 1.82) is 0 Å². The average Bonchev–Trinajstić information content (AvgIpc) is 2.84. The topological polar surface area (TPSA) is 57.4 Å². The van der Waals surface area contributed by atoms with Gasteiger partial charge in [-0.15, -0.1) is 0 Å². The van der Waals surface area contributed by atoms with Crippen molar-refractivity contribution >= 4 is 11.0 Å². The van der Waals surface area contributed by atoms with Crippen molar-refractivity contribution in [1.82, 2.24) is 20.2 Å². The third kappa shape index (κ3) is 1.22. The molecule has 0 aliphatic carbocycles. The lowest BCUT2D eigenvalue weighted by atomic mass is 10.1. The van der Waals surface area contributed by atoms with Crippen LogP contribution in [0.15, 0.2) is 24.4 Å². The second kappa shape index (κ2) is 2.95. The van der Waals surface area contributed by atoms with Crippen LogP contribution in [0.5, 0.6) is 0 Å². The maximum absolute atomic E-state index is 4.10. The molecular formula is C11H9N4. The lowest BCUT2D eigenvalue weighted by Crippen LogP contribution is -1.79. The van der Waals surface area contributed by atoms with Gasteiger partial charge in [0.1, 0.15) is 0 Å². The number of aryl methyl sites for hydroxylation is 1. The van der Waals surface area contributed by atoms with E-state index in [9.17, 15) is 0 Å². The van der Waals surface area contributed by atoms with Crippen LogP contribution in [0.1, 0.15) is 5.69 Å². The normalized spacial score (nSPS) is 11.0. The molecule has 73 valence electrons. The largest absolute Gasteiger partial charge is 0.335 e. The molecular weight excluding hydrogens is 188 g/mol. The molecule has 2 aromatic heterocycles. The molecule has 0 fully saturated rings. The van der Waals surface area contributed by atoms with E-state index < -0.39 is 0 Å². The molecule has 2 N–H and O–H groups in total. The Morgan fingerprint density at radius 2 is 2.27 bits per heavy atom. The number of nitrogens with zero attached hydrogens (tertiary/aromatic N) is 2. The van der Waals surface area contributed by atoms with Gasteiger partial charge in [0.25, 0.3) is 0 Å². The van der Waals surface area contributed by atoms with Gasteiger partial charge in [0.2, 0.25) is 0 Å². The molecule has 0 unspecified atom stereocenters. The molecule has 2 heterocycles. The number of hydrogen-bond donors (Lipinski definition) is 2. The molecule has 1 radical (unpaired) electrons. The summed E-state index contributed by atoms with van der Waals surface area (Å²) in [6.45, 7) is 1.98. The van der Waals surface area contributed by atoms with E-state index in [1.54, 1.807) is 0 Å². The van der Waals surface area contributed by atoms with Crippen molar-refractivity contribution in [2.75, 3.05) is 0 Å². The van der Waals surface area contributed by atoms with Gasteiger partial charge in [-0.05, 0) is 24.6 Å². The summed E-state index contributed by atoms with van der Waals surface area (Å²) in [4.78, 5) is 7.03. The number of aromatic amines is 2. The summed E-state index contributed by atoms with van der Waals surface area (Å²) in [6, 6.07) is 6.07. The van der Waals surface area contributed by atoms with Crippen LogP contribution in [-0.4, -0.2) is 20.2 Å². The predicted octanol–water partition coefficient (Wildman–Crippen LogP) is 2.06. The highest BCUT2D eigenvalue weighted by Gasteiger charge is 2.05. The highest BCUT2D eigenvalue weighted by molar-refractivity contribution is 5.81. The minimum atomic E-state index is 0.930. The molecule has 0 saturated carbocycles. The zero-order valence-corrected chi connectivity index (χ0v) is 8.20. The molecule has 3 rings (SSSR count). The van der Waals surface area contributed by atoms with E-state index in [0.29, 0.717) is 0 Å². The number of hydrogen-bond acceptors (Lipinski definition) is 2. The van der Waals surface area contributed by atoms with Crippen LogP contribution in [0.3, 0.4) is 0 Å².